The Hall–Kier alpha value is -2.26. The van der Waals surface area contributed by atoms with E-state index in [4.69, 9.17) is 4.74 Å². The number of sulfonamides is 1. The highest BCUT2D eigenvalue weighted by Crippen LogP contribution is 2.15. The van der Waals surface area contributed by atoms with Crippen molar-refractivity contribution in [3.05, 3.63) is 65.7 Å². The normalized spacial score (nSPS) is 17.2. The van der Waals surface area contributed by atoms with Crippen LogP contribution in [0.5, 0.6) is 0 Å². The van der Waals surface area contributed by atoms with Crippen LogP contribution in [0.1, 0.15) is 42.6 Å². The Morgan fingerprint density at radius 1 is 1.12 bits per heavy atom. The molecule has 2 N–H and O–H groups in total. The van der Waals surface area contributed by atoms with Crippen molar-refractivity contribution >= 4 is 15.9 Å². The van der Waals surface area contributed by atoms with E-state index in [9.17, 15) is 13.2 Å². The third-order valence-corrected chi connectivity index (χ3v) is 7.49. The Morgan fingerprint density at radius 3 is 2.55 bits per heavy atom. The van der Waals surface area contributed by atoms with Crippen LogP contribution < -0.4 is 10.0 Å². The lowest BCUT2D eigenvalue weighted by Crippen LogP contribution is -2.45. The number of rotatable bonds is 12. The van der Waals surface area contributed by atoms with Gasteiger partial charge in [-0.15, -0.1) is 0 Å². The molecule has 1 aliphatic heterocycles. The van der Waals surface area contributed by atoms with E-state index in [-0.39, 0.29) is 29.5 Å². The topological polar surface area (TPSA) is 87.7 Å². The second-order valence-electron chi connectivity index (χ2n) is 8.29. The second-order valence-corrected chi connectivity index (χ2v) is 10.1. The van der Waals surface area contributed by atoms with Crippen LogP contribution in [0.4, 0.5) is 0 Å². The third kappa shape index (κ3) is 7.37. The standard InChI is InChI=1S/C25H35N3O4S/c1-3-28(4-2)22(16-20-10-6-5-7-11-20)18-26-25(29)21-12-8-14-24(17-21)33(30,31)27-19-23-13-9-15-32-23/h5-8,10-12,14,17,22-23,27H,3-4,9,13,15-16,18-19H2,1-2H3,(H,26,29). The predicted octanol–water partition coefficient (Wildman–Crippen LogP) is 2.83. The van der Waals surface area contributed by atoms with Crippen LogP contribution in [0.2, 0.25) is 0 Å². The first-order valence-corrected chi connectivity index (χ1v) is 13.2. The summed E-state index contributed by atoms with van der Waals surface area (Å²) >= 11 is 0. The zero-order valence-electron chi connectivity index (χ0n) is 19.5. The number of likely N-dealkylation sites (N-methyl/N-ethyl adjacent to an activating group) is 1. The van der Waals surface area contributed by atoms with Gasteiger partial charge in [-0.3, -0.25) is 9.69 Å². The number of hydrogen-bond acceptors (Lipinski definition) is 5. The Labute approximate surface area is 197 Å². The summed E-state index contributed by atoms with van der Waals surface area (Å²) < 4.78 is 33.5. The first-order chi connectivity index (χ1) is 15.9. The zero-order chi connectivity index (χ0) is 23.7. The van der Waals surface area contributed by atoms with Gasteiger partial charge in [0.1, 0.15) is 0 Å². The Morgan fingerprint density at radius 2 is 1.88 bits per heavy atom. The molecule has 33 heavy (non-hydrogen) atoms. The van der Waals surface area contributed by atoms with E-state index in [0.717, 1.165) is 32.4 Å². The van der Waals surface area contributed by atoms with Crippen molar-refractivity contribution in [1.82, 2.24) is 14.9 Å². The minimum Gasteiger partial charge on any atom is -0.377 e. The third-order valence-electron chi connectivity index (χ3n) is 6.07. The highest BCUT2D eigenvalue weighted by molar-refractivity contribution is 7.89. The average Bonchev–Trinajstić information content (AvgIpc) is 3.36. The van der Waals surface area contributed by atoms with E-state index >= 15 is 0 Å². The molecule has 0 bridgehead atoms. The zero-order valence-corrected chi connectivity index (χ0v) is 20.3. The van der Waals surface area contributed by atoms with Gasteiger partial charge in [0.05, 0.1) is 11.0 Å². The van der Waals surface area contributed by atoms with E-state index in [0.29, 0.717) is 18.7 Å². The number of carbonyl (C=O) groups excluding carboxylic acids is 1. The fourth-order valence-corrected chi connectivity index (χ4v) is 5.28. The number of hydrogen-bond donors (Lipinski definition) is 2. The summed E-state index contributed by atoms with van der Waals surface area (Å²) in [6, 6.07) is 16.5. The molecule has 0 aromatic heterocycles. The molecule has 2 aromatic rings. The first kappa shape index (κ1) is 25.4. The fourth-order valence-electron chi connectivity index (χ4n) is 4.16. The maximum Gasteiger partial charge on any atom is 0.251 e. The quantitative estimate of drug-likeness (QED) is 0.495. The summed E-state index contributed by atoms with van der Waals surface area (Å²) in [6.07, 6.45) is 2.53. The van der Waals surface area contributed by atoms with Gasteiger partial charge in [-0.25, -0.2) is 13.1 Å². The van der Waals surface area contributed by atoms with Gasteiger partial charge in [0, 0.05) is 31.3 Å². The SMILES string of the molecule is CCN(CC)C(CNC(=O)c1cccc(S(=O)(=O)NCC2CCCO2)c1)Cc1ccccc1. The number of ether oxygens (including phenoxy) is 1. The van der Waals surface area contributed by atoms with Crippen molar-refractivity contribution in [2.45, 2.75) is 50.2 Å². The summed E-state index contributed by atoms with van der Waals surface area (Å²) in [6.45, 7) is 7.37. The van der Waals surface area contributed by atoms with Gasteiger partial charge in [0.25, 0.3) is 5.91 Å². The highest BCUT2D eigenvalue weighted by atomic mass is 32.2. The monoisotopic (exact) mass is 473 g/mol. The van der Waals surface area contributed by atoms with Crippen molar-refractivity contribution in [2.75, 3.05) is 32.8 Å². The number of carbonyl (C=O) groups is 1. The minimum absolute atomic E-state index is 0.0812. The summed E-state index contributed by atoms with van der Waals surface area (Å²) in [7, 11) is -3.72. The largest absolute Gasteiger partial charge is 0.377 e. The van der Waals surface area contributed by atoms with Crippen LogP contribution >= 0.6 is 0 Å². The number of benzene rings is 2. The molecule has 180 valence electrons. The molecule has 1 heterocycles. The molecule has 3 rings (SSSR count). The highest BCUT2D eigenvalue weighted by Gasteiger charge is 2.22. The smallest absolute Gasteiger partial charge is 0.251 e. The van der Waals surface area contributed by atoms with Gasteiger partial charge in [0.15, 0.2) is 0 Å². The molecule has 7 nitrogen and oxygen atoms in total. The summed E-state index contributed by atoms with van der Waals surface area (Å²) in [5.41, 5.74) is 1.54. The maximum atomic E-state index is 12.9. The van der Waals surface area contributed by atoms with Crippen molar-refractivity contribution in [2.24, 2.45) is 0 Å². The molecule has 2 atom stereocenters. The molecule has 1 amide bonds. The van der Waals surface area contributed by atoms with Crippen molar-refractivity contribution in [3.63, 3.8) is 0 Å². The molecule has 1 aliphatic rings. The van der Waals surface area contributed by atoms with Gasteiger partial charge in [-0.05, 0) is 56.1 Å². The number of nitrogens with one attached hydrogen (secondary N) is 2. The van der Waals surface area contributed by atoms with E-state index in [1.807, 2.05) is 18.2 Å². The van der Waals surface area contributed by atoms with Crippen LogP contribution in [-0.2, 0) is 21.2 Å². The van der Waals surface area contributed by atoms with Crippen molar-refractivity contribution in [1.29, 1.82) is 0 Å². The molecular formula is C25H35N3O4S. The molecule has 1 fully saturated rings. The van der Waals surface area contributed by atoms with Gasteiger partial charge < -0.3 is 10.1 Å². The molecule has 0 spiro atoms. The molecule has 8 heteroatoms. The molecule has 1 saturated heterocycles. The summed E-state index contributed by atoms with van der Waals surface area (Å²) in [5.74, 6) is -0.281. The molecule has 0 saturated carbocycles. The predicted molar refractivity (Wildman–Crippen MR) is 130 cm³/mol. The van der Waals surface area contributed by atoms with Crippen molar-refractivity contribution < 1.29 is 17.9 Å². The van der Waals surface area contributed by atoms with Crippen LogP contribution in [0.25, 0.3) is 0 Å². The first-order valence-electron chi connectivity index (χ1n) is 11.7. The lowest BCUT2D eigenvalue weighted by molar-refractivity contribution is 0.0934. The van der Waals surface area contributed by atoms with Crippen LogP contribution in [0.15, 0.2) is 59.5 Å². The van der Waals surface area contributed by atoms with E-state index < -0.39 is 10.0 Å². The van der Waals surface area contributed by atoms with Crippen molar-refractivity contribution in [3.8, 4) is 0 Å². The Balaban J connectivity index is 1.64. The Bertz CT molecular complexity index is 988. The number of nitrogens with zero attached hydrogens (tertiary/aromatic N) is 1. The summed E-state index contributed by atoms with van der Waals surface area (Å²) in [5, 5.41) is 3.01. The molecule has 2 unspecified atom stereocenters. The van der Waals surface area contributed by atoms with Gasteiger partial charge in [0.2, 0.25) is 10.0 Å². The second kappa shape index (κ2) is 12.3. The molecular weight excluding hydrogens is 438 g/mol. The minimum atomic E-state index is -3.72. The average molecular weight is 474 g/mol. The van der Waals surface area contributed by atoms with E-state index in [1.54, 1.807) is 12.1 Å². The van der Waals surface area contributed by atoms with Crippen LogP contribution in [-0.4, -0.2) is 64.2 Å². The molecule has 0 radical (unpaired) electrons. The van der Waals surface area contributed by atoms with Gasteiger partial charge >= 0.3 is 0 Å². The Kier molecular flexibility index (Phi) is 9.43. The number of amides is 1. The van der Waals surface area contributed by atoms with Crippen LogP contribution in [0.3, 0.4) is 0 Å². The lowest BCUT2D eigenvalue weighted by atomic mass is 10.0. The van der Waals surface area contributed by atoms with Crippen LogP contribution in [0, 0.1) is 0 Å². The van der Waals surface area contributed by atoms with Gasteiger partial charge in [-0.1, -0.05) is 50.2 Å². The lowest BCUT2D eigenvalue weighted by Gasteiger charge is -2.30. The van der Waals surface area contributed by atoms with Gasteiger partial charge in [-0.2, -0.15) is 0 Å². The van der Waals surface area contributed by atoms with E-state index in [2.05, 4.69) is 40.9 Å². The van der Waals surface area contributed by atoms with E-state index in [1.165, 1.54) is 17.7 Å². The summed E-state index contributed by atoms with van der Waals surface area (Å²) in [4.78, 5) is 15.3. The fraction of sp³-hybridized carbons (Fsp3) is 0.480. The molecule has 0 aliphatic carbocycles. The molecule has 2 aromatic carbocycles. The maximum absolute atomic E-state index is 12.9.